The Hall–Kier alpha value is -1.71. The van der Waals surface area contributed by atoms with Gasteiger partial charge in [0.05, 0.1) is 21.4 Å². The average Bonchev–Trinajstić information content (AvgIpc) is 2.59. The Morgan fingerprint density at radius 3 is 2.32 bits per heavy atom. The average molecular weight is 525 g/mol. The molecule has 146 valence electrons. The van der Waals surface area contributed by atoms with E-state index in [1.165, 1.54) is 24.3 Å². The van der Waals surface area contributed by atoms with Crippen LogP contribution in [0, 0.1) is 0 Å². The fraction of sp³-hybridized carbons (Fsp3) is 0. The lowest BCUT2D eigenvalue weighted by atomic mass is 10.3. The Morgan fingerprint density at radius 2 is 1.71 bits per heavy atom. The monoisotopic (exact) mass is 522 g/mol. The summed E-state index contributed by atoms with van der Waals surface area (Å²) in [6.45, 7) is 0. The number of nitrogens with one attached hydrogen (secondary N) is 1. The van der Waals surface area contributed by atoms with Crippen LogP contribution in [-0.4, -0.2) is 18.5 Å². The summed E-state index contributed by atoms with van der Waals surface area (Å²) in [6, 6.07) is 9.95. The number of phenolic OH excluding ortho intramolecular Hbond substituents is 1. The lowest BCUT2D eigenvalue weighted by Crippen LogP contribution is -2.13. The molecule has 0 unspecified atom stereocenters. The normalized spacial score (nSPS) is 11.3. The lowest BCUT2D eigenvalue weighted by Gasteiger charge is -2.11. The van der Waals surface area contributed by atoms with Crippen molar-refractivity contribution >= 4 is 66.4 Å². The minimum Gasteiger partial charge on any atom is -0.506 e. The van der Waals surface area contributed by atoms with Crippen molar-refractivity contribution in [2.45, 2.75) is 4.90 Å². The highest BCUT2D eigenvalue weighted by Crippen LogP contribution is 2.33. The number of aromatic nitrogens is 1. The Morgan fingerprint density at radius 1 is 1.04 bits per heavy atom. The van der Waals surface area contributed by atoms with Crippen LogP contribution in [0.1, 0.15) is 0 Å². The highest BCUT2D eigenvalue weighted by Gasteiger charge is 2.18. The number of sulfonamides is 1. The van der Waals surface area contributed by atoms with Crippen LogP contribution >= 0.6 is 50.7 Å². The van der Waals surface area contributed by atoms with Gasteiger partial charge in [0, 0.05) is 16.1 Å². The van der Waals surface area contributed by atoms with Crippen molar-refractivity contribution in [1.82, 2.24) is 4.98 Å². The number of anilines is 1. The number of benzene rings is 2. The van der Waals surface area contributed by atoms with Gasteiger partial charge < -0.3 is 9.84 Å². The summed E-state index contributed by atoms with van der Waals surface area (Å²) in [7, 11) is -3.96. The maximum atomic E-state index is 12.5. The molecule has 0 aliphatic rings. The quantitative estimate of drug-likeness (QED) is 0.421. The summed E-state index contributed by atoms with van der Waals surface area (Å²) in [5.74, 6) is 0.225. The molecule has 0 fully saturated rings. The van der Waals surface area contributed by atoms with E-state index < -0.39 is 10.0 Å². The lowest BCUT2D eigenvalue weighted by molar-refractivity contribution is 0.458. The summed E-state index contributed by atoms with van der Waals surface area (Å²) >= 11 is 20.8. The largest absolute Gasteiger partial charge is 0.506 e. The van der Waals surface area contributed by atoms with Crippen molar-refractivity contribution in [2.24, 2.45) is 0 Å². The molecule has 0 radical (unpaired) electrons. The van der Waals surface area contributed by atoms with Gasteiger partial charge in [0.15, 0.2) is 0 Å². The fourth-order valence-corrected chi connectivity index (χ4v) is 4.34. The van der Waals surface area contributed by atoms with Crippen LogP contribution in [0.15, 0.2) is 58.0 Å². The van der Waals surface area contributed by atoms with E-state index in [0.717, 1.165) is 6.20 Å². The molecule has 0 atom stereocenters. The van der Waals surface area contributed by atoms with E-state index in [1.54, 1.807) is 18.2 Å². The minimum atomic E-state index is -3.96. The Labute approximate surface area is 184 Å². The molecule has 0 aliphatic carbocycles. The molecular weight excluding hydrogens is 515 g/mol. The van der Waals surface area contributed by atoms with E-state index in [2.05, 4.69) is 25.6 Å². The van der Waals surface area contributed by atoms with Gasteiger partial charge in [0.2, 0.25) is 5.88 Å². The molecule has 28 heavy (non-hydrogen) atoms. The number of aromatic hydroxyl groups is 1. The number of phenols is 1. The van der Waals surface area contributed by atoms with Gasteiger partial charge in [-0.05, 0) is 52.3 Å². The third-order valence-electron chi connectivity index (χ3n) is 3.34. The highest BCUT2D eigenvalue weighted by atomic mass is 79.9. The van der Waals surface area contributed by atoms with Crippen LogP contribution in [-0.2, 0) is 10.0 Å². The molecule has 0 saturated carbocycles. The summed E-state index contributed by atoms with van der Waals surface area (Å²) < 4.78 is 33.3. The molecule has 0 bridgehead atoms. The van der Waals surface area contributed by atoms with Gasteiger partial charge in [-0.2, -0.15) is 0 Å². The number of ether oxygens (including phenoxy) is 1. The molecule has 11 heteroatoms. The van der Waals surface area contributed by atoms with Gasteiger partial charge in [-0.3, -0.25) is 4.72 Å². The van der Waals surface area contributed by atoms with Gasteiger partial charge in [-0.15, -0.1) is 0 Å². The summed E-state index contributed by atoms with van der Waals surface area (Å²) in [5.41, 5.74) is 0.145. The molecule has 0 amide bonds. The third-order valence-corrected chi connectivity index (χ3v) is 6.01. The topological polar surface area (TPSA) is 88.5 Å². The zero-order chi connectivity index (χ0) is 20.5. The van der Waals surface area contributed by atoms with Crippen LogP contribution in [0.3, 0.4) is 0 Å². The van der Waals surface area contributed by atoms with Crippen LogP contribution in [0.5, 0.6) is 17.4 Å². The van der Waals surface area contributed by atoms with Gasteiger partial charge in [-0.25, -0.2) is 13.4 Å². The first-order valence-corrected chi connectivity index (χ1v) is 10.9. The second-order valence-electron chi connectivity index (χ2n) is 5.44. The van der Waals surface area contributed by atoms with E-state index in [0.29, 0.717) is 20.3 Å². The SMILES string of the molecule is O=S(=O)(Nc1ccc(Cl)c(O)c1)c1cnc(Oc2cc(Cl)cc(Cl)c2)c(Br)c1. The predicted octanol–water partition coefficient (Wildman–Crippen LogP) is 6.10. The van der Waals surface area contributed by atoms with Gasteiger partial charge >= 0.3 is 0 Å². The number of hydrogen-bond donors (Lipinski definition) is 2. The van der Waals surface area contributed by atoms with Crippen molar-refractivity contribution in [2.75, 3.05) is 4.72 Å². The van der Waals surface area contributed by atoms with E-state index in [1.807, 2.05) is 0 Å². The first-order valence-electron chi connectivity index (χ1n) is 7.45. The third kappa shape index (κ3) is 5.01. The Kier molecular flexibility index (Phi) is 6.26. The van der Waals surface area contributed by atoms with E-state index in [-0.39, 0.29) is 27.2 Å². The summed E-state index contributed by atoms with van der Waals surface area (Å²) in [5, 5.41) is 10.5. The van der Waals surface area contributed by atoms with Gasteiger partial charge in [0.25, 0.3) is 10.0 Å². The highest BCUT2D eigenvalue weighted by molar-refractivity contribution is 9.10. The Balaban J connectivity index is 1.85. The van der Waals surface area contributed by atoms with E-state index >= 15 is 0 Å². The molecule has 0 aliphatic heterocycles. The number of pyridine rings is 1. The minimum absolute atomic E-state index is 0.106. The van der Waals surface area contributed by atoms with Crippen LogP contribution in [0.25, 0.3) is 0 Å². The first-order chi connectivity index (χ1) is 13.1. The molecular formula is C17H10BrCl3N2O4S. The second-order valence-corrected chi connectivity index (χ2v) is 9.25. The molecule has 6 nitrogen and oxygen atoms in total. The Bertz CT molecular complexity index is 1140. The molecule has 0 spiro atoms. The number of nitrogens with zero attached hydrogens (tertiary/aromatic N) is 1. The van der Waals surface area contributed by atoms with E-state index in [4.69, 9.17) is 39.5 Å². The zero-order valence-electron chi connectivity index (χ0n) is 13.7. The molecule has 1 heterocycles. The molecule has 1 aromatic heterocycles. The van der Waals surface area contributed by atoms with Crippen molar-refractivity contribution in [3.63, 3.8) is 0 Å². The van der Waals surface area contributed by atoms with Gasteiger partial charge in [-0.1, -0.05) is 34.8 Å². The first kappa shape index (κ1) is 21.0. The van der Waals surface area contributed by atoms with Crippen molar-refractivity contribution in [3.05, 3.63) is 68.2 Å². The van der Waals surface area contributed by atoms with Crippen molar-refractivity contribution in [1.29, 1.82) is 0 Å². The smallest absolute Gasteiger partial charge is 0.263 e. The summed E-state index contributed by atoms with van der Waals surface area (Å²) in [4.78, 5) is 3.91. The number of halogens is 4. The maximum absolute atomic E-state index is 12.5. The number of rotatable bonds is 5. The fourth-order valence-electron chi connectivity index (χ4n) is 2.12. The number of hydrogen-bond acceptors (Lipinski definition) is 5. The van der Waals surface area contributed by atoms with Gasteiger partial charge in [0.1, 0.15) is 16.4 Å². The molecule has 3 rings (SSSR count). The van der Waals surface area contributed by atoms with Crippen LogP contribution in [0.2, 0.25) is 15.1 Å². The maximum Gasteiger partial charge on any atom is 0.263 e. The summed E-state index contributed by atoms with van der Waals surface area (Å²) in [6.07, 6.45) is 1.13. The molecule has 2 N–H and O–H groups in total. The van der Waals surface area contributed by atoms with Crippen LogP contribution in [0.4, 0.5) is 5.69 Å². The second kappa shape index (κ2) is 8.34. The predicted molar refractivity (Wildman–Crippen MR) is 112 cm³/mol. The van der Waals surface area contributed by atoms with Crippen molar-refractivity contribution in [3.8, 4) is 17.4 Å². The molecule has 2 aromatic carbocycles. The van der Waals surface area contributed by atoms with E-state index in [9.17, 15) is 13.5 Å². The standard InChI is InChI=1S/C17H10BrCl3N2O4S/c18-14-7-13(28(25,26)23-11-1-2-15(21)16(24)6-11)8-22-17(14)27-12-4-9(19)3-10(20)5-12/h1-8,23-24H. The van der Waals surface area contributed by atoms with Crippen molar-refractivity contribution < 1.29 is 18.3 Å². The molecule has 3 aromatic rings. The van der Waals surface area contributed by atoms with Crippen LogP contribution < -0.4 is 9.46 Å². The molecule has 0 saturated heterocycles. The zero-order valence-corrected chi connectivity index (χ0v) is 18.3.